The maximum atomic E-state index is 12.0. The molecular weight excluding hydrogens is 450 g/mol. The second-order valence-corrected chi connectivity index (χ2v) is 9.17. The van der Waals surface area contributed by atoms with Crippen molar-refractivity contribution in [3.05, 3.63) is 90.7 Å². The van der Waals surface area contributed by atoms with Crippen molar-refractivity contribution in [1.82, 2.24) is 4.90 Å². The standard InChI is InChI=1S/C29H31N5O2/c1-3-26(35)22-7-4-8-25(20-22)36-27-9-5-6-21-14-15-30-29(32-28(21)27)31-23-10-12-24(13-11-23)34-18-16-33(2)17-19-34/h3-13,20-21H,1,14-19H2,2H3,(H,30,31). The molecule has 0 spiro atoms. The molecule has 184 valence electrons. The summed E-state index contributed by atoms with van der Waals surface area (Å²) in [5, 5.41) is 3.38. The van der Waals surface area contributed by atoms with E-state index in [2.05, 4.69) is 64.1 Å². The Kier molecular flexibility index (Phi) is 7.09. The predicted octanol–water partition coefficient (Wildman–Crippen LogP) is 4.57. The van der Waals surface area contributed by atoms with Gasteiger partial charge in [-0.1, -0.05) is 30.9 Å². The van der Waals surface area contributed by atoms with E-state index in [9.17, 15) is 4.79 Å². The van der Waals surface area contributed by atoms with E-state index in [4.69, 9.17) is 9.73 Å². The Morgan fingerprint density at radius 1 is 1.14 bits per heavy atom. The number of likely N-dealkylation sites (N-methyl/N-ethyl adjacent to an activating group) is 1. The van der Waals surface area contributed by atoms with Crippen LogP contribution in [0.3, 0.4) is 0 Å². The quantitative estimate of drug-likeness (QED) is 0.484. The molecule has 2 aromatic rings. The highest BCUT2D eigenvalue weighted by Gasteiger charge is 2.25. The number of nitrogens with zero attached hydrogens (tertiary/aromatic N) is 4. The van der Waals surface area contributed by atoms with Crippen LogP contribution in [0.1, 0.15) is 16.8 Å². The fourth-order valence-electron chi connectivity index (χ4n) is 4.53. The van der Waals surface area contributed by atoms with E-state index in [0.29, 0.717) is 29.6 Å². The Morgan fingerprint density at radius 3 is 2.72 bits per heavy atom. The molecule has 1 fully saturated rings. The number of piperazine rings is 1. The highest BCUT2D eigenvalue weighted by Crippen LogP contribution is 2.26. The van der Waals surface area contributed by atoms with Gasteiger partial charge in [0.1, 0.15) is 11.5 Å². The van der Waals surface area contributed by atoms with E-state index < -0.39 is 0 Å². The van der Waals surface area contributed by atoms with Crippen LogP contribution in [0, 0.1) is 5.92 Å². The van der Waals surface area contributed by atoms with E-state index in [1.54, 1.807) is 18.2 Å². The first-order valence-corrected chi connectivity index (χ1v) is 12.4. The molecular formula is C29H31N5O2. The van der Waals surface area contributed by atoms with Crippen LogP contribution in [-0.4, -0.2) is 62.1 Å². The fourth-order valence-corrected chi connectivity index (χ4v) is 4.53. The summed E-state index contributed by atoms with van der Waals surface area (Å²) in [4.78, 5) is 26.3. The average molecular weight is 482 g/mol. The molecule has 2 heterocycles. The highest BCUT2D eigenvalue weighted by molar-refractivity contribution is 6.12. The number of fused-ring (bicyclic) bond motifs is 1. The number of aliphatic imine (C=N–C) groups is 2. The van der Waals surface area contributed by atoms with Gasteiger partial charge in [0.2, 0.25) is 5.96 Å². The van der Waals surface area contributed by atoms with Crippen molar-refractivity contribution in [2.45, 2.75) is 6.42 Å². The molecule has 7 heteroatoms. The second kappa shape index (κ2) is 10.7. The van der Waals surface area contributed by atoms with Crippen molar-refractivity contribution >= 4 is 28.8 Å². The molecule has 1 atom stereocenters. The number of anilines is 2. The third kappa shape index (κ3) is 5.47. The molecule has 0 aromatic heterocycles. The normalized spacial score (nSPS) is 19.9. The Hall–Kier alpha value is -3.97. The molecule has 0 bridgehead atoms. The molecule has 0 saturated carbocycles. The van der Waals surface area contributed by atoms with Gasteiger partial charge in [-0.15, -0.1) is 0 Å². The minimum Gasteiger partial charge on any atom is -0.455 e. The van der Waals surface area contributed by atoms with Gasteiger partial charge in [-0.25, -0.2) is 4.99 Å². The molecule has 0 amide bonds. The largest absolute Gasteiger partial charge is 0.455 e. The van der Waals surface area contributed by atoms with E-state index >= 15 is 0 Å². The van der Waals surface area contributed by atoms with Crippen LogP contribution >= 0.6 is 0 Å². The first-order chi connectivity index (χ1) is 17.6. The topological polar surface area (TPSA) is 69.5 Å². The zero-order valence-corrected chi connectivity index (χ0v) is 20.6. The Balaban J connectivity index is 1.31. The van der Waals surface area contributed by atoms with Gasteiger partial charge >= 0.3 is 0 Å². The summed E-state index contributed by atoms with van der Waals surface area (Å²) in [6, 6.07) is 15.6. The van der Waals surface area contributed by atoms with E-state index in [0.717, 1.165) is 44.0 Å². The molecule has 0 radical (unpaired) electrons. The van der Waals surface area contributed by atoms with Crippen LogP contribution in [-0.2, 0) is 0 Å². The number of nitrogens with one attached hydrogen (secondary N) is 1. The third-order valence-electron chi connectivity index (χ3n) is 6.65. The zero-order valence-electron chi connectivity index (χ0n) is 20.6. The number of benzene rings is 2. The van der Waals surface area contributed by atoms with Gasteiger partial charge in [-0.2, -0.15) is 0 Å². The number of carbonyl (C=O) groups excluding carboxylic acids is 1. The van der Waals surface area contributed by atoms with Crippen molar-refractivity contribution in [3.63, 3.8) is 0 Å². The molecule has 2 aliphatic heterocycles. The lowest BCUT2D eigenvalue weighted by molar-refractivity contribution is 0.104. The van der Waals surface area contributed by atoms with Crippen LogP contribution in [0.2, 0.25) is 0 Å². The lowest BCUT2D eigenvalue weighted by atomic mass is 9.94. The van der Waals surface area contributed by atoms with Crippen molar-refractivity contribution in [1.29, 1.82) is 0 Å². The minimum atomic E-state index is -0.139. The van der Waals surface area contributed by atoms with Crippen LogP contribution in [0.15, 0.2) is 95.2 Å². The molecule has 2 aromatic carbocycles. The van der Waals surface area contributed by atoms with E-state index in [-0.39, 0.29) is 11.7 Å². The molecule has 1 aliphatic carbocycles. The summed E-state index contributed by atoms with van der Waals surface area (Å²) in [5.74, 6) is 1.79. The lowest BCUT2D eigenvalue weighted by Gasteiger charge is -2.34. The molecule has 1 saturated heterocycles. The van der Waals surface area contributed by atoms with Gasteiger partial charge < -0.3 is 19.9 Å². The molecule has 7 nitrogen and oxygen atoms in total. The van der Waals surface area contributed by atoms with Crippen molar-refractivity contribution in [3.8, 4) is 5.75 Å². The highest BCUT2D eigenvalue weighted by atomic mass is 16.5. The summed E-state index contributed by atoms with van der Waals surface area (Å²) in [7, 11) is 2.17. The number of guanidine groups is 1. The number of ether oxygens (including phenoxy) is 1. The Labute approximate surface area is 212 Å². The van der Waals surface area contributed by atoms with E-state index in [1.807, 2.05) is 18.2 Å². The van der Waals surface area contributed by atoms with E-state index in [1.165, 1.54) is 11.8 Å². The van der Waals surface area contributed by atoms with Crippen LogP contribution in [0.5, 0.6) is 5.75 Å². The maximum absolute atomic E-state index is 12.0. The van der Waals surface area contributed by atoms with Crippen LogP contribution in [0.4, 0.5) is 11.4 Å². The van der Waals surface area contributed by atoms with Crippen molar-refractivity contribution in [2.24, 2.45) is 15.9 Å². The zero-order chi connectivity index (χ0) is 24.9. The third-order valence-corrected chi connectivity index (χ3v) is 6.65. The summed E-state index contributed by atoms with van der Waals surface area (Å²) in [5.41, 5.74) is 3.55. The molecule has 3 aliphatic rings. The summed E-state index contributed by atoms with van der Waals surface area (Å²) in [6.07, 6.45) is 8.18. The summed E-state index contributed by atoms with van der Waals surface area (Å²) < 4.78 is 6.21. The van der Waals surface area contributed by atoms with Crippen molar-refractivity contribution in [2.75, 3.05) is 50.0 Å². The number of allylic oxidation sites excluding steroid dienone is 5. The summed E-state index contributed by atoms with van der Waals surface area (Å²) >= 11 is 0. The fraction of sp³-hybridized carbons (Fsp3) is 0.276. The van der Waals surface area contributed by atoms with Crippen LogP contribution < -0.4 is 15.0 Å². The Bertz CT molecular complexity index is 1250. The van der Waals surface area contributed by atoms with Gasteiger partial charge in [0.25, 0.3) is 0 Å². The molecule has 1 N–H and O–H groups in total. The lowest BCUT2D eigenvalue weighted by Crippen LogP contribution is -2.44. The first kappa shape index (κ1) is 23.8. The van der Waals surface area contributed by atoms with Gasteiger partial charge in [0.15, 0.2) is 5.78 Å². The summed E-state index contributed by atoms with van der Waals surface area (Å²) in [6.45, 7) is 8.47. The SMILES string of the molecule is C=CC(=O)c1cccc(OC2=CC=CC3CCN=C(Nc4ccc(N5CCN(C)CC5)cc4)N=C23)c1. The number of hydrogen-bond acceptors (Lipinski definition) is 7. The number of rotatable bonds is 6. The number of hydrogen-bond donors (Lipinski definition) is 1. The molecule has 1 unspecified atom stereocenters. The number of ketones is 1. The smallest absolute Gasteiger partial charge is 0.222 e. The van der Waals surface area contributed by atoms with Gasteiger partial charge in [-0.3, -0.25) is 9.79 Å². The van der Waals surface area contributed by atoms with Gasteiger partial charge in [0, 0.05) is 55.6 Å². The minimum absolute atomic E-state index is 0.116. The molecule has 5 rings (SSSR count). The Morgan fingerprint density at radius 2 is 1.94 bits per heavy atom. The maximum Gasteiger partial charge on any atom is 0.222 e. The van der Waals surface area contributed by atoms with Crippen LogP contribution in [0.25, 0.3) is 0 Å². The molecule has 36 heavy (non-hydrogen) atoms. The predicted molar refractivity (Wildman–Crippen MR) is 146 cm³/mol. The second-order valence-electron chi connectivity index (χ2n) is 9.17. The average Bonchev–Trinajstić information content (AvgIpc) is 3.12. The monoisotopic (exact) mass is 481 g/mol. The number of carbonyl (C=O) groups is 1. The van der Waals surface area contributed by atoms with Gasteiger partial charge in [-0.05, 0) is 62.0 Å². The first-order valence-electron chi connectivity index (χ1n) is 12.4. The van der Waals surface area contributed by atoms with Gasteiger partial charge in [0.05, 0.1) is 5.71 Å². The van der Waals surface area contributed by atoms with Crippen molar-refractivity contribution < 1.29 is 9.53 Å².